The monoisotopic (exact) mass is 254 g/mol. The first kappa shape index (κ1) is 13.2. The summed E-state index contributed by atoms with van der Waals surface area (Å²) in [5.41, 5.74) is 8.47. The van der Waals surface area contributed by atoms with Gasteiger partial charge in [0.15, 0.2) is 0 Å². The number of ether oxygens (including phenoxy) is 1. The van der Waals surface area contributed by atoms with Crippen LogP contribution >= 0.6 is 0 Å². The summed E-state index contributed by atoms with van der Waals surface area (Å²) in [6.07, 6.45) is 1.74. The number of benzene rings is 2. The molecule has 0 unspecified atom stereocenters. The molecule has 0 saturated carbocycles. The number of hydrogen-bond acceptors (Lipinski definition) is 3. The van der Waals surface area contributed by atoms with Crippen LogP contribution in [-0.2, 0) is 6.54 Å². The molecule has 0 amide bonds. The molecule has 0 aromatic heterocycles. The molecule has 0 spiro atoms. The minimum atomic E-state index is 0.517. The van der Waals surface area contributed by atoms with Crippen molar-refractivity contribution in [3.05, 3.63) is 72.8 Å². The Kier molecular flexibility index (Phi) is 5.02. The molecule has 0 saturated heterocycles. The maximum atomic E-state index is 5.60. The minimum absolute atomic E-state index is 0.517. The van der Waals surface area contributed by atoms with Gasteiger partial charge < -0.3 is 10.2 Å². The zero-order valence-corrected chi connectivity index (χ0v) is 10.8. The largest absolute Gasteiger partial charge is 0.489 e. The zero-order valence-electron chi connectivity index (χ0n) is 10.8. The minimum Gasteiger partial charge on any atom is -0.489 e. The number of hydrogen-bond donors (Lipinski definition) is 2. The molecule has 0 heterocycles. The molecule has 3 heteroatoms. The number of anilines is 1. The second-order valence-electron chi connectivity index (χ2n) is 4.05. The molecule has 0 fully saturated rings. The third-order valence-corrected chi connectivity index (χ3v) is 2.61. The summed E-state index contributed by atoms with van der Waals surface area (Å²) in [5.74, 6) is 0.879. The van der Waals surface area contributed by atoms with Crippen LogP contribution in [-0.4, -0.2) is 6.61 Å². The fraction of sp³-hybridized carbons (Fsp3) is 0.125. The molecule has 0 bridgehead atoms. The molecule has 98 valence electrons. The molecule has 0 aliphatic rings. The SMILES string of the molecule is C=CCOc1ccccc1CNNc1ccccc1. The third-order valence-electron chi connectivity index (χ3n) is 2.61. The van der Waals surface area contributed by atoms with Crippen LogP contribution in [0.2, 0.25) is 0 Å². The van der Waals surface area contributed by atoms with Gasteiger partial charge in [0.25, 0.3) is 0 Å². The van der Waals surface area contributed by atoms with E-state index in [2.05, 4.69) is 17.4 Å². The van der Waals surface area contributed by atoms with Crippen molar-refractivity contribution in [3.63, 3.8) is 0 Å². The number of nitrogens with one attached hydrogen (secondary N) is 2. The van der Waals surface area contributed by atoms with Gasteiger partial charge in [0.1, 0.15) is 12.4 Å². The highest BCUT2D eigenvalue weighted by Gasteiger charge is 2.01. The van der Waals surface area contributed by atoms with E-state index in [0.717, 1.165) is 17.0 Å². The molecule has 2 N–H and O–H groups in total. The summed E-state index contributed by atoms with van der Waals surface area (Å²) in [5, 5.41) is 0. The van der Waals surface area contributed by atoms with E-state index in [4.69, 9.17) is 4.74 Å². The van der Waals surface area contributed by atoms with Gasteiger partial charge in [-0.05, 0) is 18.2 Å². The van der Waals surface area contributed by atoms with Gasteiger partial charge in [-0.25, -0.2) is 5.43 Å². The van der Waals surface area contributed by atoms with E-state index in [-0.39, 0.29) is 0 Å². The third kappa shape index (κ3) is 4.16. The molecule has 2 aromatic carbocycles. The quantitative estimate of drug-likeness (QED) is 0.587. The van der Waals surface area contributed by atoms with Gasteiger partial charge in [-0.3, -0.25) is 0 Å². The molecule has 2 aromatic rings. The average Bonchev–Trinajstić information content (AvgIpc) is 2.47. The van der Waals surface area contributed by atoms with E-state index in [1.807, 2.05) is 54.6 Å². The van der Waals surface area contributed by atoms with E-state index < -0.39 is 0 Å². The summed E-state index contributed by atoms with van der Waals surface area (Å²) < 4.78 is 5.60. The lowest BCUT2D eigenvalue weighted by atomic mass is 10.2. The highest BCUT2D eigenvalue weighted by Crippen LogP contribution is 2.17. The van der Waals surface area contributed by atoms with Crippen LogP contribution in [0.15, 0.2) is 67.3 Å². The first-order valence-electron chi connectivity index (χ1n) is 6.25. The Morgan fingerprint density at radius 3 is 2.53 bits per heavy atom. The summed E-state index contributed by atoms with van der Waals surface area (Å²) in [6, 6.07) is 18.0. The Morgan fingerprint density at radius 1 is 1.00 bits per heavy atom. The highest BCUT2D eigenvalue weighted by atomic mass is 16.5. The molecule has 2 rings (SSSR count). The lowest BCUT2D eigenvalue weighted by Gasteiger charge is -2.12. The van der Waals surface area contributed by atoms with E-state index in [1.54, 1.807) is 6.08 Å². The molecule has 0 aliphatic heterocycles. The molecule has 3 nitrogen and oxygen atoms in total. The Bertz CT molecular complexity index is 511. The van der Waals surface area contributed by atoms with Crippen molar-refractivity contribution in [2.24, 2.45) is 0 Å². The summed E-state index contributed by atoms with van der Waals surface area (Å²) >= 11 is 0. The fourth-order valence-electron chi connectivity index (χ4n) is 1.70. The topological polar surface area (TPSA) is 33.3 Å². The Hall–Kier alpha value is -2.26. The van der Waals surface area contributed by atoms with Crippen LogP contribution in [0.1, 0.15) is 5.56 Å². The molecule has 19 heavy (non-hydrogen) atoms. The number of para-hydroxylation sites is 2. The Labute approximate surface area is 113 Å². The van der Waals surface area contributed by atoms with Crippen LogP contribution < -0.4 is 15.6 Å². The molecule has 0 aliphatic carbocycles. The maximum absolute atomic E-state index is 5.60. The van der Waals surface area contributed by atoms with Gasteiger partial charge in [0.05, 0.1) is 0 Å². The van der Waals surface area contributed by atoms with Crippen molar-refractivity contribution in [2.45, 2.75) is 6.54 Å². The van der Waals surface area contributed by atoms with Crippen molar-refractivity contribution in [3.8, 4) is 5.75 Å². The Morgan fingerprint density at radius 2 is 1.74 bits per heavy atom. The van der Waals surface area contributed by atoms with Gasteiger partial charge in [0, 0.05) is 17.8 Å². The van der Waals surface area contributed by atoms with Crippen molar-refractivity contribution in [1.29, 1.82) is 0 Å². The van der Waals surface area contributed by atoms with Gasteiger partial charge in [-0.15, -0.1) is 0 Å². The summed E-state index contributed by atoms with van der Waals surface area (Å²) in [6.45, 7) is 4.85. The second-order valence-corrected chi connectivity index (χ2v) is 4.05. The first-order valence-corrected chi connectivity index (χ1v) is 6.25. The van der Waals surface area contributed by atoms with Crippen LogP contribution in [0.5, 0.6) is 5.75 Å². The van der Waals surface area contributed by atoms with Crippen LogP contribution in [0.4, 0.5) is 5.69 Å². The standard InChI is InChI=1S/C16H18N2O/c1-2-12-19-16-11-7-6-8-14(16)13-17-18-15-9-4-3-5-10-15/h2-11,17-18H,1,12-13H2. The van der Waals surface area contributed by atoms with E-state index >= 15 is 0 Å². The van der Waals surface area contributed by atoms with E-state index in [1.165, 1.54) is 0 Å². The lowest BCUT2D eigenvalue weighted by Crippen LogP contribution is -2.21. The predicted octanol–water partition coefficient (Wildman–Crippen LogP) is 3.37. The maximum Gasteiger partial charge on any atom is 0.124 e. The average molecular weight is 254 g/mol. The Balaban J connectivity index is 1.90. The number of rotatable bonds is 7. The molecular weight excluding hydrogens is 236 g/mol. The van der Waals surface area contributed by atoms with E-state index in [0.29, 0.717) is 13.2 Å². The van der Waals surface area contributed by atoms with Crippen molar-refractivity contribution >= 4 is 5.69 Å². The fourth-order valence-corrected chi connectivity index (χ4v) is 1.70. The second kappa shape index (κ2) is 7.24. The van der Waals surface area contributed by atoms with Crippen molar-refractivity contribution in [2.75, 3.05) is 12.0 Å². The molecular formula is C16H18N2O. The van der Waals surface area contributed by atoms with Gasteiger partial charge >= 0.3 is 0 Å². The van der Waals surface area contributed by atoms with Crippen molar-refractivity contribution < 1.29 is 4.74 Å². The van der Waals surface area contributed by atoms with Gasteiger partial charge in [-0.2, -0.15) is 0 Å². The number of hydrazine groups is 1. The first-order chi connectivity index (χ1) is 9.40. The van der Waals surface area contributed by atoms with Crippen molar-refractivity contribution in [1.82, 2.24) is 5.43 Å². The van der Waals surface area contributed by atoms with E-state index in [9.17, 15) is 0 Å². The molecule has 0 atom stereocenters. The van der Waals surface area contributed by atoms with Crippen LogP contribution in [0.25, 0.3) is 0 Å². The zero-order chi connectivity index (χ0) is 13.3. The summed E-state index contributed by atoms with van der Waals surface area (Å²) in [7, 11) is 0. The summed E-state index contributed by atoms with van der Waals surface area (Å²) in [4.78, 5) is 0. The van der Waals surface area contributed by atoms with Crippen LogP contribution in [0.3, 0.4) is 0 Å². The normalized spacial score (nSPS) is 9.89. The van der Waals surface area contributed by atoms with Gasteiger partial charge in [-0.1, -0.05) is 49.1 Å². The lowest BCUT2D eigenvalue weighted by molar-refractivity contribution is 0.358. The smallest absolute Gasteiger partial charge is 0.124 e. The van der Waals surface area contributed by atoms with Crippen LogP contribution in [0, 0.1) is 0 Å². The molecule has 0 radical (unpaired) electrons. The van der Waals surface area contributed by atoms with Gasteiger partial charge in [0.2, 0.25) is 0 Å². The predicted molar refractivity (Wildman–Crippen MR) is 79.0 cm³/mol. The highest BCUT2D eigenvalue weighted by molar-refractivity contribution is 5.41.